The summed E-state index contributed by atoms with van der Waals surface area (Å²) in [6.07, 6.45) is 1.20. The van der Waals surface area contributed by atoms with Crippen LogP contribution >= 0.6 is 0 Å². The zero-order valence-corrected chi connectivity index (χ0v) is 22.2. The van der Waals surface area contributed by atoms with Crippen molar-refractivity contribution in [1.82, 2.24) is 24.3 Å². The van der Waals surface area contributed by atoms with E-state index in [2.05, 4.69) is 45.6 Å². The van der Waals surface area contributed by atoms with Gasteiger partial charge in [-0.15, -0.1) is 0 Å². The third-order valence-electron chi connectivity index (χ3n) is 6.91. The number of carbonyl (C=O) groups excluding carboxylic acids is 2. The van der Waals surface area contributed by atoms with E-state index in [0.29, 0.717) is 18.7 Å². The normalized spacial score (nSPS) is 16.4. The Morgan fingerprint density at radius 3 is 2.65 bits per heavy atom. The molecule has 2 aromatic heterocycles. The Labute approximate surface area is 217 Å². The van der Waals surface area contributed by atoms with Crippen molar-refractivity contribution < 1.29 is 14.3 Å². The lowest BCUT2D eigenvalue weighted by Crippen LogP contribution is -2.50. The van der Waals surface area contributed by atoms with Gasteiger partial charge in [0.15, 0.2) is 5.82 Å². The number of ether oxygens (including phenoxy) is 1. The number of carbonyl (C=O) groups is 2. The molecule has 8 nitrogen and oxygen atoms in total. The van der Waals surface area contributed by atoms with E-state index in [0.717, 1.165) is 41.9 Å². The second kappa shape index (κ2) is 9.57. The van der Waals surface area contributed by atoms with E-state index in [-0.39, 0.29) is 11.9 Å². The number of rotatable bonds is 4. The molecule has 0 bridgehead atoms. The van der Waals surface area contributed by atoms with E-state index in [1.54, 1.807) is 0 Å². The van der Waals surface area contributed by atoms with Gasteiger partial charge in [-0.2, -0.15) is 0 Å². The van der Waals surface area contributed by atoms with Crippen molar-refractivity contribution in [2.75, 3.05) is 13.1 Å². The van der Waals surface area contributed by atoms with E-state index in [4.69, 9.17) is 9.72 Å². The van der Waals surface area contributed by atoms with Crippen LogP contribution < -0.4 is 5.32 Å². The topological polar surface area (TPSA) is 81.4 Å². The Kier molecular flexibility index (Phi) is 6.43. The van der Waals surface area contributed by atoms with Gasteiger partial charge in [-0.05, 0) is 70.9 Å². The molecular formula is C29H35N5O3. The Morgan fingerprint density at radius 1 is 1.11 bits per heavy atom. The number of amides is 2. The molecule has 0 aliphatic carbocycles. The summed E-state index contributed by atoms with van der Waals surface area (Å²) >= 11 is 0. The number of alkyl carbamates (subject to hydrolysis) is 1. The molecule has 2 aromatic carbocycles. The van der Waals surface area contributed by atoms with Crippen LogP contribution in [0.15, 0.2) is 48.5 Å². The molecule has 194 valence electrons. The van der Waals surface area contributed by atoms with Crippen molar-refractivity contribution in [2.45, 2.75) is 58.7 Å². The predicted octanol–water partition coefficient (Wildman–Crippen LogP) is 5.34. The number of aryl methyl sites for hydroxylation is 2. The monoisotopic (exact) mass is 501 g/mol. The first-order valence-electron chi connectivity index (χ1n) is 13.0. The quantitative estimate of drug-likeness (QED) is 0.409. The fraction of sp³-hybridized carbons (Fsp3) is 0.414. The molecule has 0 radical (unpaired) electrons. The van der Waals surface area contributed by atoms with Crippen LogP contribution in [0.4, 0.5) is 4.79 Å². The Balaban J connectivity index is 1.39. The SMILES string of the molecule is CCn1c(-c2nc3ccc(C(=O)N4CCCC(NC(=O)OC(C)(C)C)C4)cc3n2C)cc2ccccc21. The Hall–Kier alpha value is -3.81. The summed E-state index contributed by atoms with van der Waals surface area (Å²) in [4.78, 5) is 32.4. The molecule has 2 amide bonds. The van der Waals surface area contributed by atoms with Gasteiger partial charge in [-0.25, -0.2) is 9.78 Å². The van der Waals surface area contributed by atoms with E-state index in [1.165, 1.54) is 10.9 Å². The van der Waals surface area contributed by atoms with Crippen molar-refractivity contribution in [3.63, 3.8) is 0 Å². The van der Waals surface area contributed by atoms with Gasteiger partial charge in [0.05, 0.1) is 16.7 Å². The Morgan fingerprint density at radius 2 is 1.89 bits per heavy atom. The zero-order chi connectivity index (χ0) is 26.3. The minimum absolute atomic E-state index is 0.0389. The van der Waals surface area contributed by atoms with Crippen LogP contribution in [0.1, 0.15) is 50.9 Å². The number of piperidine rings is 1. The molecule has 1 atom stereocenters. The van der Waals surface area contributed by atoms with Gasteiger partial charge in [-0.3, -0.25) is 4.79 Å². The fourth-order valence-electron chi connectivity index (χ4n) is 5.22. The lowest BCUT2D eigenvalue weighted by atomic mass is 10.0. The number of para-hydroxylation sites is 1. The summed E-state index contributed by atoms with van der Waals surface area (Å²) in [5.41, 5.74) is 4.07. The maximum absolute atomic E-state index is 13.5. The molecule has 1 unspecified atom stereocenters. The van der Waals surface area contributed by atoms with Crippen molar-refractivity contribution in [2.24, 2.45) is 7.05 Å². The number of hydrogen-bond donors (Lipinski definition) is 1. The van der Waals surface area contributed by atoms with E-state index >= 15 is 0 Å². The minimum atomic E-state index is -0.558. The van der Waals surface area contributed by atoms with Crippen LogP contribution in [0.2, 0.25) is 0 Å². The van der Waals surface area contributed by atoms with Crippen molar-refractivity contribution in [1.29, 1.82) is 0 Å². The molecule has 0 spiro atoms. The van der Waals surface area contributed by atoms with Crippen molar-refractivity contribution in [3.05, 3.63) is 54.1 Å². The summed E-state index contributed by atoms with van der Waals surface area (Å²) in [5, 5.41) is 4.10. The number of imidazole rings is 1. The van der Waals surface area contributed by atoms with Gasteiger partial charge < -0.3 is 24.1 Å². The van der Waals surface area contributed by atoms with Crippen LogP contribution in [-0.4, -0.2) is 55.8 Å². The maximum atomic E-state index is 13.5. The predicted molar refractivity (Wildman–Crippen MR) is 146 cm³/mol. The highest BCUT2D eigenvalue weighted by atomic mass is 16.6. The largest absolute Gasteiger partial charge is 0.444 e. The second-order valence-corrected chi connectivity index (χ2v) is 10.8. The third kappa shape index (κ3) is 4.92. The minimum Gasteiger partial charge on any atom is -0.444 e. The first kappa shape index (κ1) is 24.9. The first-order chi connectivity index (χ1) is 17.6. The highest BCUT2D eigenvalue weighted by Gasteiger charge is 2.28. The number of nitrogens with zero attached hydrogens (tertiary/aromatic N) is 4. The van der Waals surface area contributed by atoms with E-state index in [9.17, 15) is 9.59 Å². The molecule has 1 saturated heterocycles. The van der Waals surface area contributed by atoms with Crippen LogP contribution in [-0.2, 0) is 18.3 Å². The summed E-state index contributed by atoms with van der Waals surface area (Å²) < 4.78 is 9.73. The van der Waals surface area contributed by atoms with Gasteiger partial charge in [-0.1, -0.05) is 18.2 Å². The van der Waals surface area contributed by atoms with Crippen LogP contribution in [0.3, 0.4) is 0 Å². The van der Waals surface area contributed by atoms with Crippen molar-refractivity contribution >= 4 is 33.9 Å². The lowest BCUT2D eigenvalue weighted by Gasteiger charge is -2.33. The molecule has 0 saturated carbocycles. The highest BCUT2D eigenvalue weighted by Crippen LogP contribution is 2.30. The van der Waals surface area contributed by atoms with Crippen molar-refractivity contribution in [3.8, 4) is 11.5 Å². The number of benzene rings is 2. The average Bonchev–Trinajstić information content (AvgIpc) is 3.39. The molecule has 37 heavy (non-hydrogen) atoms. The van der Waals surface area contributed by atoms with Gasteiger partial charge in [0.25, 0.3) is 5.91 Å². The fourth-order valence-corrected chi connectivity index (χ4v) is 5.22. The molecule has 4 aromatic rings. The second-order valence-electron chi connectivity index (χ2n) is 10.8. The third-order valence-corrected chi connectivity index (χ3v) is 6.91. The number of likely N-dealkylation sites (tertiary alicyclic amines) is 1. The van der Waals surface area contributed by atoms with Gasteiger partial charge in [0.1, 0.15) is 5.60 Å². The van der Waals surface area contributed by atoms with Gasteiger partial charge >= 0.3 is 6.09 Å². The molecular weight excluding hydrogens is 466 g/mol. The van der Waals surface area contributed by atoms with Crippen LogP contribution in [0.5, 0.6) is 0 Å². The number of hydrogen-bond acceptors (Lipinski definition) is 4. The van der Waals surface area contributed by atoms with E-state index < -0.39 is 11.7 Å². The molecule has 5 rings (SSSR count). The van der Waals surface area contributed by atoms with Crippen LogP contribution in [0, 0.1) is 0 Å². The maximum Gasteiger partial charge on any atom is 0.407 e. The lowest BCUT2D eigenvalue weighted by molar-refractivity contribution is 0.0452. The Bertz CT molecular complexity index is 1480. The molecule has 1 N–H and O–H groups in total. The zero-order valence-electron chi connectivity index (χ0n) is 22.2. The molecule has 1 fully saturated rings. The molecule has 1 aliphatic heterocycles. The summed E-state index contributed by atoms with van der Waals surface area (Å²) in [5.74, 6) is 0.834. The van der Waals surface area contributed by atoms with E-state index in [1.807, 2.05) is 57.0 Å². The summed E-state index contributed by atoms with van der Waals surface area (Å²) in [6, 6.07) is 16.1. The number of fused-ring (bicyclic) bond motifs is 2. The highest BCUT2D eigenvalue weighted by molar-refractivity contribution is 5.98. The smallest absolute Gasteiger partial charge is 0.407 e. The number of nitrogens with one attached hydrogen (secondary N) is 1. The molecule has 8 heteroatoms. The summed E-state index contributed by atoms with van der Waals surface area (Å²) in [6.45, 7) is 9.61. The summed E-state index contributed by atoms with van der Waals surface area (Å²) in [7, 11) is 2.00. The van der Waals surface area contributed by atoms with Crippen LogP contribution in [0.25, 0.3) is 33.5 Å². The standard InChI is InChI=1S/C29H35N5O3/c1-6-34-23-12-8-7-10-19(23)16-25(34)26-31-22-14-13-20(17-24(22)32(26)5)27(35)33-15-9-11-21(18-33)30-28(36)37-29(2,3)4/h7-8,10,12-14,16-17,21H,6,9,11,15,18H2,1-5H3,(H,30,36). The molecule has 1 aliphatic rings. The first-order valence-corrected chi connectivity index (χ1v) is 13.0. The number of aromatic nitrogens is 3. The van der Waals surface area contributed by atoms with Gasteiger partial charge in [0.2, 0.25) is 0 Å². The average molecular weight is 502 g/mol. The van der Waals surface area contributed by atoms with Gasteiger partial charge in [0, 0.05) is 49.2 Å². The molecule has 3 heterocycles.